The number of hydrogen-bond donors (Lipinski definition) is 0. The number of fused-ring (bicyclic) bond motifs is 10. The number of furan rings is 1. The van der Waals surface area contributed by atoms with Crippen molar-refractivity contribution in [2.75, 3.05) is 0 Å². The Morgan fingerprint density at radius 1 is 0.371 bits per heavy atom. The zero-order chi connectivity index (χ0) is 40.7. The maximum Gasteiger partial charge on any atom is 0.164 e. The summed E-state index contributed by atoms with van der Waals surface area (Å²) in [5.41, 5.74) is 9.96. The molecule has 0 amide bonds. The Bertz CT molecular complexity index is 3940. The van der Waals surface area contributed by atoms with Crippen molar-refractivity contribution in [1.82, 2.24) is 24.5 Å². The van der Waals surface area contributed by atoms with Gasteiger partial charge in [0.1, 0.15) is 5.58 Å². The van der Waals surface area contributed by atoms with Gasteiger partial charge in [0, 0.05) is 55.2 Å². The summed E-state index contributed by atoms with van der Waals surface area (Å²) in [5.74, 6) is 1.77. The molecule has 0 aliphatic rings. The van der Waals surface area contributed by atoms with E-state index in [0.717, 1.165) is 71.6 Å². The molecule has 0 spiro atoms. The first kappa shape index (κ1) is 34.4. The van der Waals surface area contributed by atoms with E-state index < -0.39 is 0 Å². The summed E-state index contributed by atoms with van der Waals surface area (Å²) in [6.45, 7) is 0. The number of rotatable bonds is 5. The smallest absolute Gasteiger partial charge is 0.164 e. The van der Waals surface area contributed by atoms with Gasteiger partial charge in [-0.15, -0.1) is 0 Å². The lowest BCUT2D eigenvalue weighted by Crippen LogP contribution is -2.01. The lowest BCUT2D eigenvalue weighted by Gasteiger charge is -2.14. The van der Waals surface area contributed by atoms with Crippen molar-refractivity contribution in [2.45, 2.75) is 0 Å². The summed E-state index contributed by atoms with van der Waals surface area (Å²) in [4.78, 5) is 20.0. The van der Waals surface area contributed by atoms with Crippen LogP contribution in [0, 0.1) is 0 Å². The highest BCUT2D eigenvalue weighted by molar-refractivity contribution is 6.19. The molecule has 0 N–H and O–H groups in total. The van der Waals surface area contributed by atoms with E-state index in [1.165, 1.54) is 38.0 Å². The van der Waals surface area contributed by atoms with E-state index >= 15 is 0 Å². The molecule has 13 aromatic rings. The molecule has 0 radical (unpaired) electrons. The first-order valence-corrected chi connectivity index (χ1v) is 20.8. The Morgan fingerprint density at radius 3 is 1.90 bits per heavy atom. The highest BCUT2D eigenvalue weighted by Gasteiger charge is 2.19. The van der Waals surface area contributed by atoms with Crippen LogP contribution < -0.4 is 0 Å². The fourth-order valence-electron chi connectivity index (χ4n) is 9.41. The maximum atomic E-state index is 6.15. The molecule has 9 aromatic carbocycles. The molecular weight excluding hydrogens is 759 g/mol. The maximum absolute atomic E-state index is 6.15. The molecule has 4 aromatic heterocycles. The molecule has 62 heavy (non-hydrogen) atoms. The summed E-state index contributed by atoms with van der Waals surface area (Å²) < 4.78 is 8.59. The predicted molar refractivity (Wildman–Crippen MR) is 254 cm³/mol. The van der Waals surface area contributed by atoms with Gasteiger partial charge in [0.25, 0.3) is 0 Å². The van der Waals surface area contributed by atoms with E-state index in [4.69, 9.17) is 19.4 Å². The minimum Gasteiger partial charge on any atom is -0.454 e. The monoisotopic (exact) mass is 791 g/mol. The quantitative estimate of drug-likeness (QED) is 0.174. The van der Waals surface area contributed by atoms with Crippen molar-refractivity contribution in [3.63, 3.8) is 0 Å². The Labute approximate surface area is 355 Å². The number of aromatic nitrogens is 5. The predicted octanol–water partition coefficient (Wildman–Crippen LogP) is 14.4. The zero-order valence-corrected chi connectivity index (χ0v) is 33.2. The van der Waals surface area contributed by atoms with Crippen LogP contribution in [0.2, 0.25) is 0 Å². The van der Waals surface area contributed by atoms with Crippen LogP contribution in [-0.2, 0) is 0 Å². The minimum atomic E-state index is 0.579. The van der Waals surface area contributed by atoms with Gasteiger partial charge in [-0.2, -0.15) is 0 Å². The van der Waals surface area contributed by atoms with Crippen LogP contribution in [-0.4, -0.2) is 24.5 Å². The first-order valence-electron chi connectivity index (χ1n) is 20.8. The van der Waals surface area contributed by atoms with E-state index in [1.54, 1.807) is 12.4 Å². The molecule has 0 atom stereocenters. The van der Waals surface area contributed by atoms with Crippen LogP contribution in [0.15, 0.2) is 205 Å². The van der Waals surface area contributed by atoms with E-state index in [1.807, 2.05) is 24.3 Å². The van der Waals surface area contributed by atoms with Gasteiger partial charge >= 0.3 is 0 Å². The fourth-order valence-corrected chi connectivity index (χ4v) is 9.41. The molecule has 0 saturated heterocycles. The zero-order valence-electron chi connectivity index (χ0n) is 33.2. The van der Waals surface area contributed by atoms with Gasteiger partial charge in [0.05, 0.1) is 22.9 Å². The Kier molecular flexibility index (Phi) is 7.50. The van der Waals surface area contributed by atoms with Crippen LogP contribution >= 0.6 is 0 Å². The largest absolute Gasteiger partial charge is 0.454 e. The third-order valence-corrected chi connectivity index (χ3v) is 12.3. The molecule has 0 aliphatic carbocycles. The molecule has 4 heterocycles. The van der Waals surface area contributed by atoms with E-state index in [9.17, 15) is 0 Å². The van der Waals surface area contributed by atoms with Gasteiger partial charge in [0.2, 0.25) is 0 Å². The van der Waals surface area contributed by atoms with Crippen LogP contribution in [0.1, 0.15) is 0 Å². The highest BCUT2D eigenvalue weighted by Crippen LogP contribution is 2.40. The Balaban J connectivity index is 1.03. The summed E-state index contributed by atoms with van der Waals surface area (Å²) in [5, 5.41) is 11.4. The van der Waals surface area contributed by atoms with Crippen molar-refractivity contribution in [3.8, 4) is 51.0 Å². The molecule has 0 aliphatic heterocycles. The van der Waals surface area contributed by atoms with E-state index in [2.05, 4.69) is 173 Å². The van der Waals surface area contributed by atoms with Crippen molar-refractivity contribution >= 4 is 76.1 Å². The van der Waals surface area contributed by atoms with Crippen molar-refractivity contribution in [3.05, 3.63) is 200 Å². The van der Waals surface area contributed by atoms with Crippen molar-refractivity contribution in [2.24, 2.45) is 0 Å². The number of para-hydroxylation sites is 1. The van der Waals surface area contributed by atoms with Gasteiger partial charge < -0.3 is 8.98 Å². The Hall–Kier alpha value is -8.48. The number of nitrogens with zero attached hydrogens (tertiary/aromatic N) is 5. The number of pyridine rings is 1. The standard InChI is InChI=1S/C56H33N5O/c1-2-11-34(12-3-1)47-32-40(30-36-14-5-6-16-41(36)47)56-59-54(58-55(60-56)39-23-26-51-48(31-39)45-27-28-57-33-52(45)62-51)38-22-24-42-37(29-38)15-10-20-49(42)61-50-19-9-8-18-44(50)46-25-21-35-13-4-7-17-43(35)53(46)61/h1-33H. The molecule has 0 unspecified atom stereocenters. The lowest BCUT2D eigenvalue weighted by molar-refractivity contribution is 0.667. The van der Waals surface area contributed by atoms with E-state index in [0.29, 0.717) is 17.5 Å². The van der Waals surface area contributed by atoms with Crippen LogP contribution in [0.25, 0.3) is 127 Å². The second-order valence-corrected chi connectivity index (χ2v) is 15.9. The highest BCUT2D eigenvalue weighted by atomic mass is 16.3. The average Bonchev–Trinajstić information content (AvgIpc) is 3.89. The topological polar surface area (TPSA) is 69.6 Å². The van der Waals surface area contributed by atoms with Crippen LogP contribution in [0.3, 0.4) is 0 Å². The second kappa shape index (κ2) is 13.5. The molecule has 0 fully saturated rings. The first-order chi connectivity index (χ1) is 30.7. The molecule has 13 rings (SSSR count). The summed E-state index contributed by atoms with van der Waals surface area (Å²) in [6.07, 6.45) is 3.55. The SMILES string of the molecule is c1ccc(-c2cc(-c3nc(-c4ccc5c(-n6c7ccccc7c7ccc8ccccc8c76)cccc5c4)nc(-c4ccc5oc6cnccc6c5c4)n3)cc3ccccc23)cc1. The van der Waals surface area contributed by atoms with Crippen molar-refractivity contribution < 1.29 is 4.42 Å². The van der Waals surface area contributed by atoms with Gasteiger partial charge in [-0.1, -0.05) is 133 Å². The summed E-state index contributed by atoms with van der Waals surface area (Å²) in [6, 6.07) is 66.5. The average molecular weight is 792 g/mol. The van der Waals surface area contributed by atoms with Gasteiger partial charge in [-0.05, 0) is 87.3 Å². The molecule has 6 nitrogen and oxygen atoms in total. The minimum absolute atomic E-state index is 0.579. The van der Waals surface area contributed by atoms with Crippen molar-refractivity contribution in [1.29, 1.82) is 0 Å². The van der Waals surface area contributed by atoms with Gasteiger partial charge in [-0.3, -0.25) is 4.98 Å². The number of benzene rings is 9. The molecule has 0 bridgehead atoms. The normalized spacial score (nSPS) is 11.9. The van der Waals surface area contributed by atoms with Gasteiger partial charge in [-0.25, -0.2) is 15.0 Å². The van der Waals surface area contributed by atoms with Crippen LogP contribution in [0.4, 0.5) is 0 Å². The molecule has 288 valence electrons. The van der Waals surface area contributed by atoms with Crippen LogP contribution in [0.5, 0.6) is 0 Å². The van der Waals surface area contributed by atoms with E-state index in [-0.39, 0.29) is 0 Å². The summed E-state index contributed by atoms with van der Waals surface area (Å²) in [7, 11) is 0. The second-order valence-electron chi connectivity index (χ2n) is 15.9. The molecular formula is C56H33N5O. The number of hydrogen-bond acceptors (Lipinski definition) is 5. The molecule has 0 saturated carbocycles. The third-order valence-electron chi connectivity index (χ3n) is 12.3. The fraction of sp³-hybridized carbons (Fsp3) is 0. The summed E-state index contributed by atoms with van der Waals surface area (Å²) >= 11 is 0. The Morgan fingerprint density at radius 2 is 1.03 bits per heavy atom. The third kappa shape index (κ3) is 5.37. The van der Waals surface area contributed by atoms with Gasteiger partial charge in [0.15, 0.2) is 23.1 Å². The lowest BCUT2D eigenvalue weighted by atomic mass is 9.95. The molecule has 6 heteroatoms.